The molecule has 0 radical (unpaired) electrons. The Morgan fingerprint density at radius 3 is 2.60 bits per heavy atom. The molecule has 11 heteroatoms. The number of hydrogen-bond donors (Lipinski definition) is 2. The normalized spacial score (nSPS) is 14.0. The number of fused-ring (bicyclic) bond motifs is 4. The summed E-state index contributed by atoms with van der Waals surface area (Å²) in [6, 6.07) is 23.2. The van der Waals surface area contributed by atoms with Gasteiger partial charge in [0.25, 0.3) is 0 Å². The van der Waals surface area contributed by atoms with E-state index in [2.05, 4.69) is 25.5 Å². The van der Waals surface area contributed by atoms with Crippen molar-refractivity contribution in [1.82, 2.24) is 24.7 Å². The number of amides is 2. The Morgan fingerprint density at radius 2 is 1.85 bits per heavy atom. The van der Waals surface area contributed by atoms with Gasteiger partial charge in [-0.2, -0.15) is 0 Å². The first-order valence-electron chi connectivity index (χ1n) is 15.3. The second-order valence-electron chi connectivity index (χ2n) is 11.7. The maximum Gasteiger partial charge on any atom is 0.235 e. The van der Waals surface area contributed by atoms with Crippen LogP contribution in [0.2, 0.25) is 0 Å². The number of carbonyl (C=O) groups is 2. The lowest BCUT2D eigenvalue weighted by molar-refractivity contribution is -0.119. The fourth-order valence-electron chi connectivity index (χ4n) is 6.27. The first-order chi connectivity index (χ1) is 22.8. The third kappa shape index (κ3) is 5.50. The molecule has 7 rings (SSSR count). The lowest BCUT2D eigenvalue weighted by Crippen LogP contribution is -2.38. The van der Waals surface area contributed by atoms with Crippen LogP contribution in [0.1, 0.15) is 36.7 Å². The van der Waals surface area contributed by atoms with E-state index in [0.717, 1.165) is 16.5 Å². The molecule has 1 unspecified atom stereocenters. The minimum Gasteiger partial charge on any atom is -0.481 e. The number of hydrogen-bond acceptors (Lipinski definition) is 6. The minimum absolute atomic E-state index is 0.0183. The number of ether oxygens (including phenoxy) is 1. The molecule has 2 N–H and O–H groups in total. The van der Waals surface area contributed by atoms with Crippen molar-refractivity contribution in [1.29, 1.82) is 0 Å². The van der Waals surface area contributed by atoms with Crippen LogP contribution >= 0.6 is 0 Å². The molecule has 236 valence electrons. The predicted octanol–water partition coefficient (Wildman–Crippen LogP) is 6.22. The van der Waals surface area contributed by atoms with Gasteiger partial charge in [0.15, 0.2) is 11.6 Å². The third-order valence-electron chi connectivity index (χ3n) is 8.45. The van der Waals surface area contributed by atoms with Crippen molar-refractivity contribution in [2.45, 2.75) is 38.6 Å². The number of rotatable bonds is 8. The van der Waals surface area contributed by atoms with Gasteiger partial charge >= 0.3 is 0 Å². The summed E-state index contributed by atoms with van der Waals surface area (Å²) in [6.45, 7) is 3.88. The van der Waals surface area contributed by atoms with Gasteiger partial charge in [-0.1, -0.05) is 42.5 Å². The fraction of sp³-hybridized carbons (Fsp3) is 0.194. The van der Waals surface area contributed by atoms with Gasteiger partial charge in [-0.15, -0.1) is 10.2 Å². The van der Waals surface area contributed by atoms with Crippen LogP contribution in [0.3, 0.4) is 0 Å². The van der Waals surface area contributed by atoms with E-state index in [1.807, 2.05) is 66.9 Å². The second-order valence-corrected chi connectivity index (χ2v) is 11.7. The molecule has 47 heavy (non-hydrogen) atoms. The summed E-state index contributed by atoms with van der Waals surface area (Å²) in [5, 5.41) is 13.1. The van der Waals surface area contributed by atoms with Crippen molar-refractivity contribution >= 4 is 34.1 Å². The van der Waals surface area contributed by atoms with Crippen LogP contribution < -0.4 is 15.0 Å². The van der Waals surface area contributed by atoms with Crippen molar-refractivity contribution in [2.75, 3.05) is 17.3 Å². The number of H-pyrrole nitrogens is 1. The molecule has 1 atom stereocenters. The van der Waals surface area contributed by atoms with Gasteiger partial charge in [-0.05, 0) is 61.7 Å². The number of pyridine rings is 1. The van der Waals surface area contributed by atoms with Gasteiger partial charge < -0.3 is 19.9 Å². The average Bonchev–Trinajstić information content (AvgIpc) is 3.66. The van der Waals surface area contributed by atoms with E-state index in [1.165, 1.54) is 12.1 Å². The van der Waals surface area contributed by atoms with Gasteiger partial charge in [0.05, 0.1) is 36.8 Å². The number of methoxy groups -OCH3 is 1. The van der Waals surface area contributed by atoms with Gasteiger partial charge in [0.2, 0.25) is 17.7 Å². The smallest absolute Gasteiger partial charge is 0.235 e. The zero-order chi connectivity index (χ0) is 32.7. The zero-order valence-corrected chi connectivity index (χ0v) is 26.1. The number of carbonyl (C=O) groups excluding carboxylic acids is 2. The van der Waals surface area contributed by atoms with E-state index in [9.17, 15) is 14.0 Å². The molecule has 10 nitrogen and oxygen atoms in total. The number of nitrogens with zero attached hydrogens (tertiary/aromatic N) is 5. The maximum absolute atomic E-state index is 14.2. The van der Waals surface area contributed by atoms with Crippen LogP contribution in [0.15, 0.2) is 91.3 Å². The fourth-order valence-corrected chi connectivity index (χ4v) is 6.27. The van der Waals surface area contributed by atoms with Crippen molar-refractivity contribution in [3.05, 3.63) is 114 Å². The first kappa shape index (κ1) is 29.8. The number of aromatic amines is 1. The Labute approximate surface area is 270 Å². The van der Waals surface area contributed by atoms with E-state index < -0.39 is 5.92 Å². The van der Waals surface area contributed by atoms with Crippen molar-refractivity contribution in [3.63, 3.8) is 0 Å². The highest BCUT2D eigenvalue weighted by Crippen LogP contribution is 2.38. The second kappa shape index (κ2) is 12.2. The van der Waals surface area contributed by atoms with Crippen LogP contribution in [0.25, 0.3) is 28.0 Å². The van der Waals surface area contributed by atoms with Crippen LogP contribution in [0.4, 0.5) is 15.8 Å². The summed E-state index contributed by atoms with van der Waals surface area (Å²) < 4.78 is 21.0. The number of benzene rings is 3. The van der Waals surface area contributed by atoms with Crippen LogP contribution in [0.5, 0.6) is 5.88 Å². The molecule has 0 spiro atoms. The number of halogens is 1. The Hall–Kier alpha value is -5.84. The van der Waals surface area contributed by atoms with Crippen LogP contribution in [-0.2, 0) is 22.4 Å². The summed E-state index contributed by atoms with van der Waals surface area (Å²) in [4.78, 5) is 37.3. The molecule has 0 saturated heterocycles. The molecule has 0 saturated carbocycles. The third-order valence-corrected chi connectivity index (χ3v) is 8.45. The van der Waals surface area contributed by atoms with Crippen LogP contribution in [0, 0.1) is 5.82 Å². The highest BCUT2D eigenvalue weighted by Gasteiger charge is 2.35. The lowest BCUT2D eigenvalue weighted by Gasteiger charge is -2.27. The quantitative estimate of drug-likeness (QED) is 0.206. The summed E-state index contributed by atoms with van der Waals surface area (Å²) >= 11 is 0. The topological polar surface area (TPSA) is 118 Å². The first-order valence-corrected chi connectivity index (χ1v) is 15.3. The zero-order valence-electron chi connectivity index (χ0n) is 26.1. The molecule has 3 aromatic heterocycles. The van der Waals surface area contributed by atoms with Gasteiger partial charge in [-0.25, -0.2) is 9.37 Å². The molecule has 4 heterocycles. The molecule has 0 aliphatic carbocycles. The summed E-state index contributed by atoms with van der Waals surface area (Å²) in [6.07, 6.45) is 3.72. The molecule has 3 aromatic carbocycles. The lowest BCUT2D eigenvalue weighted by atomic mass is 9.97. The van der Waals surface area contributed by atoms with E-state index in [0.29, 0.717) is 45.7 Å². The molecular formula is C36H32FN7O3. The standard InChI is InChI=1S/C36H32FN7O3/c1-21(2)43(26-13-15-31(47-3)39-20-26)32(45)17-23-10-7-11-30-33(23)40-36(46)28(16-24-19-38-29-18-25(37)12-14-27(24)29)35-42-41-34(44(30)35)22-8-5-4-6-9-22/h4-15,18-21,28,38H,16-17H2,1-3H3,(H,40,46). The Morgan fingerprint density at radius 1 is 1.02 bits per heavy atom. The molecule has 2 amide bonds. The average molecular weight is 630 g/mol. The molecule has 1 aliphatic heterocycles. The Kier molecular flexibility index (Phi) is 7.72. The van der Waals surface area contributed by atoms with Crippen LogP contribution in [-0.4, -0.2) is 49.7 Å². The highest BCUT2D eigenvalue weighted by molar-refractivity contribution is 6.02. The Bertz CT molecular complexity index is 2100. The molecular weight excluding hydrogens is 597 g/mol. The molecule has 1 aliphatic rings. The number of anilines is 2. The Balaban J connectivity index is 1.31. The van der Waals surface area contributed by atoms with E-state index in [4.69, 9.17) is 4.74 Å². The van der Waals surface area contributed by atoms with Gasteiger partial charge in [0.1, 0.15) is 11.7 Å². The van der Waals surface area contributed by atoms with Gasteiger partial charge in [0, 0.05) is 34.8 Å². The molecule has 6 aromatic rings. The van der Waals surface area contributed by atoms with E-state index >= 15 is 0 Å². The number of para-hydroxylation sites is 1. The van der Waals surface area contributed by atoms with E-state index in [1.54, 1.807) is 42.6 Å². The van der Waals surface area contributed by atoms with Gasteiger partial charge in [-0.3, -0.25) is 14.2 Å². The number of nitrogens with one attached hydrogen (secondary N) is 2. The van der Waals surface area contributed by atoms with Crippen molar-refractivity contribution in [2.24, 2.45) is 0 Å². The van der Waals surface area contributed by atoms with Crippen molar-refractivity contribution in [3.8, 4) is 23.0 Å². The summed E-state index contributed by atoms with van der Waals surface area (Å²) in [5.74, 6) is -0.0368. The SMILES string of the molecule is COc1ccc(N(C(=O)Cc2cccc3c2NC(=O)C(Cc2c[nH]c4cc(F)ccc24)c2nnc(-c4ccccc4)n2-3)C(C)C)cn1. The largest absolute Gasteiger partial charge is 0.481 e. The summed E-state index contributed by atoms with van der Waals surface area (Å²) in [7, 11) is 1.54. The maximum atomic E-state index is 14.2. The number of aromatic nitrogens is 5. The monoisotopic (exact) mass is 629 g/mol. The minimum atomic E-state index is -0.738. The van der Waals surface area contributed by atoms with E-state index in [-0.39, 0.29) is 36.5 Å². The predicted molar refractivity (Wildman–Crippen MR) is 177 cm³/mol. The molecule has 0 bridgehead atoms. The summed E-state index contributed by atoms with van der Waals surface area (Å²) in [5.41, 5.74) is 4.78. The molecule has 0 fully saturated rings. The highest BCUT2D eigenvalue weighted by atomic mass is 19.1. The van der Waals surface area contributed by atoms with Crippen molar-refractivity contribution < 1.29 is 18.7 Å².